The number of nitrogens with one attached hydrogen (secondary N) is 2. The summed E-state index contributed by atoms with van der Waals surface area (Å²) in [6, 6.07) is 10.8. The summed E-state index contributed by atoms with van der Waals surface area (Å²) in [5.41, 5.74) is 4.38. The van der Waals surface area contributed by atoms with E-state index in [1.807, 2.05) is 12.1 Å². The van der Waals surface area contributed by atoms with E-state index < -0.39 is 0 Å². The summed E-state index contributed by atoms with van der Waals surface area (Å²) in [5, 5.41) is 6.40. The lowest BCUT2D eigenvalue weighted by Gasteiger charge is -2.07. The lowest BCUT2D eigenvalue weighted by Crippen LogP contribution is -2.12. The van der Waals surface area contributed by atoms with Crippen molar-refractivity contribution in [3.63, 3.8) is 0 Å². The monoisotopic (exact) mass is 418 g/mol. The number of anilines is 2. The number of fused-ring (bicyclic) bond motifs is 2. The first-order valence-corrected chi connectivity index (χ1v) is 9.04. The van der Waals surface area contributed by atoms with Gasteiger partial charge in [-0.25, -0.2) is 0 Å². The number of carbonyl (C=O) groups excluding carboxylic acids is 2. The zero-order valence-electron chi connectivity index (χ0n) is 12.9. The summed E-state index contributed by atoms with van der Waals surface area (Å²) < 4.78 is 5.81. The van der Waals surface area contributed by atoms with E-state index in [1.54, 1.807) is 24.3 Å². The van der Waals surface area contributed by atoms with Gasteiger partial charge in [0.1, 0.15) is 12.4 Å². The van der Waals surface area contributed by atoms with Gasteiger partial charge < -0.3 is 15.4 Å². The number of hydrogen-bond acceptors (Lipinski definition) is 3. The fourth-order valence-corrected chi connectivity index (χ4v) is 3.32. The first kappa shape index (κ1) is 16.2. The van der Waals surface area contributed by atoms with Gasteiger partial charge in [0.15, 0.2) is 0 Å². The second-order valence-corrected chi connectivity index (χ2v) is 6.69. The lowest BCUT2D eigenvalue weighted by molar-refractivity contribution is -0.113. The smallest absolute Gasteiger partial charge is 0.260 e. The summed E-state index contributed by atoms with van der Waals surface area (Å²) in [7, 11) is 0. The third-order valence-corrected chi connectivity index (χ3v) is 4.82. The molecule has 2 N–H and O–H groups in total. The van der Waals surface area contributed by atoms with Crippen molar-refractivity contribution in [2.24, 2.45) is 0 Å². The zero-order chi connectivity index (χ0) is 17.6. The summed E-state index contributed by atoms with van der Waals surface area (Å²) in [6.45, 7) is 0.343. The third-order valence-electron chi connectivity index (χ3n) is 4.08. The molecule has 0 aromatic heterocycles. The van der Waals surface area contributed by atoms with Gasteiger partial charge in [-0.1, -0.05) is 27.5 Å². The number of carbonyl (C=O) groups is 2. The van der Waals surface area contributed by atoms with Crippen LogP contribution in [0.4, 0.5) is 11.4 Å². The molecular formula is C18H12BrClN2O3. The molecule has 2 aliphatic rings. The molecule has 2 aliphatic heterocycles. The van der Waals surface area contributed by atoms with E-state index in [0.717, 1.165) is 22.4 Å². The van der Waals surface area contributed by atoms with Crippen molar-refractivity contribution in [3.8, 4) is 0 Å². The molecule has 4 rings (SSSR count). The van der Waals surface area contributed by atoms with Crippen molar-refractivity contribution < 1.29 is 14.3 Å². The van der Waals surface area contributed by atoms with Crippen molar-refractivity contribution in [3.05, 3.63) is 58.1 Å². The van der Waals surface area contributed by atoms with Gasteiger partial charge in [0.2, 0.25) is 5.91 Å². The SMILES string of the molecule is O=C(CBr)Nc1ccc2c(c1)CO/C2=C1/C(=O)Nc2ccc(Cl)cc21. The number of alkyl halides is 1. The molecule has 0 saturated heterocycles. The van der Waals surface area contributed by atoms with Crippen LogP contribution in [-0.2, 0) is 20.9 Å². The number of rotatable bonds is 2. The predicted molar refractivity (Wildman–Crippen MR) is 101 cm³/mol. The molecule has 2 aromatic rings. The molecule has 0 saturated carbocycles. The van der Waals surface area contributed by atoms with E-state index in [2.05, 4.69) is 26.6 Å². The van der Waals surface area contributed by atoms with Crippen molar-refractivity contribution in [2.75, 3.05) is 16.0 Å². The molecule has 126 valence electrons. The van der Waals surface area contributed by atoms with Crippen molar-refractivity contribution in [1.82, 2.24) is 0 Å². The molecule has 2 heterocycles. The fourth-order valence-electron chi connectivity index (χ4n) is 3.01. The summed E-state index contributed by atoms with van der Waals surface area (Å²) in [5.74, 6) is 0.194. The van der Waals surface area contributed by atoms with Crippen LogP contribution in [0, 0.1) is 0 Å². The maximum atomic E-state index is 12.4. The molecule has 0 radical (unpaired) electrons. The number of amides is 2. The van der Waals surface area contributed by atoms with Crippen LogP contribution in [0.2, 0.25) is 5.02 Å². The Labute approximate surface area is 157 Å². The Morgan fingerprint density at radius 2 is 2.08 bits per heavy atom. The zero-order valence-corrected chi connectivity index (χ0v) is 15.2. The van der Waals surface area contributed by atoms with Gasteiger partial charge >= 0.3 is 0 Å². The molecule has 5 nitrogen and oxygen atoms in total. The molecule has 0 aliphatic carbocycles. The highest BCUT2D eigenvalue weighted by Crippen LogP contribution is 2.42. The van der Waals surface area contributed by atoms with E-state index in [1.165, 1.54) is 0 Å². The van der Waals surface area contributed by atoms with Gasteiger partial charge in [-0.15, -0.1) is 0 Å². The quantitative estimate of drug-likeness (QED) is 0.571. The molecule has 2 aromatic carbocycles. The minimum absolute atomic E-state index is 0.129. The van der Waals surface area contributed by atoms with Crippen molar-refractivity contribution >= 4 is 62.1 Å². The van der Waals surface area contributed by atoms with Gasteiger partial charge in [0.05, 0.1) is 10.9 Å². The normalized spacial score (nSPS) is 17.6. The van der Waals surface area contributed by atoms with Crippen molar-refractivity contribution in [2.45, 2.75) is 6.61 Å². The van der Waals surface area contributed by atoms with Gasteiger partial charge in [0.25, 0.3) is 5.91 Å². The summed E-state index contributed by atoms with van der Waals surface area (Å²) in [4.78, 5) is 23.9. The number of ether oxygens (including phenoxy) is 1. The molecule has 7 heteroatoms. The lowest BCUT2D eigenvalue weighted by atomic mass is 10.00. The highest BCUT2D eigenvalue weighted by Gasteiger charge is 2.32. The molecule has 0 fully saturated rings. The van der Waals surface area contributed by atoms with Crippen LogP contribution < -0.4 is 10.6 Å². The third kappa shape index (κ3) is 2.81. The fraction of sp³-hybridized carbons (Fsp3) is 0.111. The molecule has 0 bridgehead atoms. The highest BCUT2D eigenvalue weighted by atomic mass is 79.9. The van der Waals surface area contributed by atoms with E-state index in [9.17, 15) is 9.59 Å². The van der Waals surface area contributed by atoms with E-state index in [4.69, 9.17) is 16.3 Å². The van der Waals surface area contributed by atoms with Crippen molar-refractivity contribution in [1.29, 1.82) is 0 Å². The van der Waals surface area contributed by atoms with E-state index in [-0.39, 0.29) is 17.1 Å². The van der Waals surface area contributed by atoms with Crippen LogP contribution >= 0.6 is 27.5 Å². The van der Waals surface area contributed by atoms with Gasteiger partial charge in [0, 0.05) is 33.1 Å². The standard InChI is InChI=1S/C18H12BrClN2O3/c19-7-15(23)21-11-2-3-12-9(5-11)8-25-17(12)16-13-6-10(20)1-4-14(13)22-18(16)24/h1-6H,7-8H2,(H,21,23)(H,22,24)/b17-16+. The topological polar surface area (TPSA) is 67.4 Å². The Balaban J connectivity index is 1.78. The van der Waals surface area contributed by atoms with Crippen LogP contribution in [0.25, 0.3) is 11.3 Å². The predicted octanol–water partition coefficient (Wildman–Crippen LogP) is 4.02. The molecule has 0 spiro atoms. The Kier molecular flexibility index (Phi) is 4.01. The maximum absolute atomic E-state index is 12.4. The van der Waals surface area contributed by atoms with Crippen LogP contribution in [0.1, 0.15) is 16.7 Å². The largest absolute Gasteiger partial charge is 0.487 e. The Hall–Kier alpha value is -2.31. The van der Waals surface area contributed by atoms with Crippen LogP contribution in [0.5, 0.6) is 0 Å². The average Bonchev–Trinajstić information content (AvgIpc) is 3.14. The Morgan fingerprint density at radius 3 is 2.88 bits per heavy atom. The van der Waals surface area contributed by atoms with E-state index in [0.29, 0.717) is 28.6 Å². The Morgan fingerprint density at radius 1 is 1.24 bits per heavy atom. The molecule has 0 atom stereocenters. The Bertz CT molecular complexity index is 955. The first-order chi connectivity index (χ1) is 12.1. The van der Waals surface area contributed by atoms with Crippen LogP contribution in [0.3, 0.4) is 0 Å². The van der Waals surface area contributed by atoms with Gasteiger partial charge in [-0.2, -0.15) is 0 Å². The molecule has 0 unspecified atom stereocenters. The average molecular weight is 420 g/mol. The second-order valence-electron chi connectivity index (χ2n) is 5.69. The molecular weight excluding hydrogens is 408 g/mol. The molecule has 25 heavy (non-hydrogen) atoms. The molecule has 2 amide bonds. The number of benzene rings is 2. The van der Waals surface area contributed by atoms with E-state index >= 15 is 0 Å². The summed E-state index contributed by atoms with van der Waals surface area (Å²) in [6.07, 6.45) is 0. The first-order valence-electron chi connectivity index (χ1n) is 7.54. The minimum Gasteiger partial charge on any atom is -0.487 e. The van der Waals surface area contributed by atoms with Crippen LogP contribution in [0.15, 0.2) is 36.4 Å². The minimum atomic E-state index is -0.211. The summed E-state index contributed by atoms with van der Waals surface area (Å²) >= 11 is 9.20. The number of halogens is 2. The number of hydrogen-bond donors (Lipinski definition) is 2. The second kappa shape index (κ2) is 6.20. The highest BCUT2D eigenvalue weighted by molar-refractivity contribution is 9.09. The van der Waals surface area contributed by atoms with Gasteiger partial charge in [-0.3, -0.25) is 9.59 Å². The van der Waals surface area contributed by atoms with Crippen LogP contribution in [-0.4, -0.2) is 17.1 Å². The maximum Gasteiger partial charge on any atom is 0.260 e. The van der Waals surface area contributed by atoms with Gasteiger partial charge in [-0.05, 0) is 36.4 Å².